The van der Waals surface area contributed by atoms with Gasteiger partial charge in [-0.1, -0.05) is 67.0 Å². The average Bonchev–Trinajstić information content (AvgIpc) is 3.73. The largest absolute Gasteiger partial charge is 0.278 e. The molecular weight excluding hydrogens is 476 g/mol. The second-order valence-electron chi connectivity index (χ2n) is 12.2. The van der Waals surface area contributed by atoms with E-state index in [2.05, 4.69) is 25.7 Å². The number of carbonyl (C=O) groups is 4. The minimum Gasteiger partial charge on any atom is -0.278 e. The summed E-state index contributed by atoms with van der Waals surface area (Å²) in [6.07, 6.45) is 11.0. The Morgan fingerprint density at radius 3 is 1.82 bits per heavy atom. The lowest BCUT2D eigenvalue weighted by Gasteiger charge is -2.21. The van der Waals surface area contributed by atoms with Gasteiger partial charge < -0.3 is 0 Å². The quantitative estimate of drug-likeness (QED) is 0.383. The fourth-order valence-corrected chi connectivity index (χ4v) is 8.82. The summed E-state index contributed by atoms with van der Waals surface area (Å²) in [4.78, 5) is 56.3. The lowest BCUT2D eigenvalue weighted by molar-refractivity contribution is -0.142. The molecule has 7 rings (SSSR count). The van der Waals surface area contributed by atoms with E-state index in [0.717, 1.165) is 43.2 Å². The number of nitrogens with zero attached hydrogens (tertiary/aromatic N) is 2. The summed E-state index contributed by atoms with van der Waals surface area (Å²) >= 11 is 0. The zero-order valence-corrected chi connectivity index (χ0v) is 21.8. The van der Waals surface area contributed by atoms with Crippen molar-refractivity contribution in [3.05, 3.63) is 71.3 Å². The van der Waals surface area contributed by atoms with E-state index in [1.807, 2.05) is 30.3 Å². The molecule has 38 heavy (non-hydrogen) atoms. The maximum atomic E-state index is 13.4. The molecule has 6 heteroatoms. The van der Waals surface area contributed by atoms with Crippen LogP contribution in [0.1, 0.15) is 50.2 Å². The van der Waals surface area contributed by atoms with Crippen molar-refractivity contribution in [2.75, 3.05) is 0 Å². The van der Waals surface area contributed by atoms with E-state index in [0.29, 0.717) is 0 Å². The zero-order chi connectivity index (χ0) is 26.3. The van der Waals surface area contributed by atoms with Crippen molar-refractivity contribution in [3.8, 4) is 0 Å². The number of imide groups is 2. The molecule has 4 amide bonds. The van der Waals surface area contributed by atoms with E-state index in [9.17, 15) is 19.2 Å². The average molecular weight is 511 g/mol. The molecule has 0 aromatic heterocycles. The Morgan fingerprint density at radius 2 is 1.29 bits per heavy atom. The van der Waals surface area contributed by atoms with E-state index in [1.165, 1.54) is 20.9 Å². The van der Waals surface area contributed by atoms with Crippen LogP contribution in [-0.4, -0.2) is 33.4 Å². The summed E-state index contributed by atoms with van der Waals surface area (Å²) in [6.45, 7) is 6.47. The van der Waals surface area contributed by atoms with Crippen LogP contribution in [0.5, 0.6) is 0 Å². The van der Waals surface area contributed by atoms with Crippen LogP contribution in [0.3, 0.4) is 0 Å². The maximum absolute atomic E-state index is 13.4. The fraction of sp³-hybridized carbons (Fsp3) is 0.500. The number of carbonyl (C=O) groups excluding carboxylic acids is 4. The summed E-state index contributed by atoms with van der Waals surface area (Å²) in [5, 5.41) is 0. The Hall–Kier alpha value is -3.28. The van der Waals surface area contributed by atoms with Crippen LogP contribution in [0, 0.1) is 47.3 Å². The molecule has 196 valence electrons. The third kappa shape index (κ3) is 3.25. The first-order valence-corrected chi connectivity index (χ1v) is 14.2. The van der Waals surface area contributed by atoms with Crippen LogP contribution in [0.2, 0.25) is 0 Å². The number of allylic oxidation sites excluding steroid dienone is 5. The molecule has 0 spiro atoms. The Kier molecular flexibility index (Phi) is 5.40. The normalized spacial score (nSPS) is 36.3. The van der Waals surface area contributed by atoms with Gasteiger partial charge in [-0.25, -0.2) is 0 Å². The number of rotatable bonds is 8. The number of hydrogen-bond donors (Lipinski definition) is 0. The minimum absolute atomic E-state index is 0.0318. The molecule has 6 nitrogen and oxygen atoms in total. The molecule has 2 saturated heterocycles. The van der Waals surface area contributed by atoms with E-state index < -0.39 is 0 Å². The smallest absolute Gasteiger partial charge is 0.234 e. The molecule has 1 aromatic carbocycles. The maximum Gasteiger partial charge on any atom is 0.234 e. The van der Waals surface area contributed by atoms with Crippen LogP contribution in [0.15, 0.2) is 60.2 Å². The van der Waals surface area contributed by atoms with Gasteiger partial charge in [-0.2, -0.15) is 0 Å². The molecule has 6 aliphatic rings. The highest BCUT2D eigenvalue weighted by Crippen LogP contribution is 2.57. The van der Waals surface area contributed by atoms with Gasteiger partial charge in [-0.15, -0.1) is 6.58 Å². The summed E-state index contributed by atoms with van der Waals surface area (Å²) < 4.78 is 0. The lowest BCUT2D eigenvalue weighted by atomic mass is 9.80. The minimum atomic E-state index is -0.239. The Morgan fingerprint density at radius 1 is 0.789 bits per heavy atom. The highest BCUT2D eigenvalue weighted by molar-refractivity contribution is 6.07. The molecule has 2 saturated carbocycles. The van der Waals surface area contributed by atoms with Crippen molar-refractivity contribution < 1.29 is 19.2 Å². The molecule has 8 atom stereocenters. The van der Waals surface area contributed by atoms with Gasteiger partial charge in [-0.3, -0.25) is 29.0 Å². The third-order valence-corrected chi connectivity index (χ3v) is 10.2. The van der Waals surface area contributed by atoms with Gasteiger partial charge in [0.15, 0.2) is 0 Å². The van der Waals surface area contributed by atoms with Crippen LogP contribution >= 0.6 is 0 Å². The molecule has 2 heterocycles. The molecule has 0 radical (unpaired) electrons. The zero-order valence-electron chi connectivity index (χ0n) is 21.8. The topological polar surface area (TPSA) is 74.8 Å². The van der Waals surface area contributed by atoms with Crippen molar-refractivity contribution in [3.63, 3.8) is 0 Å². The second kappa shape index (κ2) is 8.62. The van der Waals surface area contributed by atoms with E-state index in [-0.39, 0.29) is 84.1 Å². The van der Waals surface area contributed by atoms with E-state index in [1.54, 1.807) is 0 Å². The van der Waals surface area contributed by atoms with Crippen LogP contribution in [0.4, 0.5) is 0 Å². The second-order valence-corrected chi connectivity index (χ2v) is 12.2. The van der Waals surface area contributed by atoms with Gasteiger partial charge in [0.25, 0.3) is 0 Å². The summed E-state index contributed by atoms with van der Waals surface area (Å²) in [7, 11) is 0. The summed E-state index contributed by atoms with van der Waals surface area (Å²) in [5.74, 6) is -0.331. The van der Waals surface area contributed by atoms with E-state index in [4.69, 9.17) is 0 Å². The van der Waals surface area contributed by atoms with Crippen LogP contribution in [0.25, 0.3) is 0 Å². The highest BCUT2D eigenvalue weighted by Gasteiger charge is 2.62. The molecule has 2 aliphatic heterocycles. The molecule has 8 unspecified atom stereocenters. The van der Waals surface area contributed by atoms with E-state index >= 15 is 0 Å². The third-order valence-electron chi connectivity index (χ3n) is 10.2. The van der Waals surface area contributed by atoms with Crippen LogP contribution < -0.4 is 0 Å². The van der Waals surface area contributed by atoms with Crippen molar-refractivity contribution in [2.24, 2.45) is 47.3 Å². The number of benzene rings is 1. The molecule has 4 bridgehead atoms. The fourth-order valence-electron chi connectivity index (χ4n) is 8.82. The number of hydrogen-bond acceptors (Lipinski definition) is 4. The number of fused-ring (bicyclic) bond motifs is 10. The first kappa shape index (κ1) is 23.8. The molecule has 4 fully saturated rings. The predicted octanol–water partition coefficient (Wildman–Crippen LogP) is 4.42. The monoisotopic (exact) mass is 510 g/mol. The molecule has 0 N–H and O–H groups in total. The SMILES string of the molecule is C=CCC1=CC2CC1C1C(=O)N(Cc3cccc(CN4C(=O)C5C6C=C(CCC)C(C6)C5C4=O)c3)C(=O)C21. The number of likely N-dealkylation sites (tertiary alicyclic amines) is 2. The Labute approximate surface area is 223 Å². The van der Waals surface area contributed by atoms with Gasteiger partial charge in [0, 0.05) is 0 Å². The van der Waals surface area contributed by atoms with Gasteiger partial charge in [-0.05, 0) is 60.5 Å². The van der Waals surface area contributed by atoms with Gasteiger partial charge in [0.2, 0.25) is 23.6 Å². The summed E-state index contributed by atoms with van der Waals surface area (Å²) in [5.41, 5.74) is 4.33. The van der Waals surface area contributed by atoms with Crippen molar-refractivity contribution >= 4 is 23.6 Å². The van der Waals surface area contributed by atoms with Crippen molar-refractivity contribution in [2.45, 2.75) is 52.1 Å². The molecule has 1 aromatic rings. The van der Waals surface area contributed by atoms with Gasteiger partial charge >= 0.3 is 0 Å². The van der Waals surface area contributed by atoms with Gasteiger partial charge in [0.05, 0.1) is 36.8 Å². The standard InChI is InChI=1S/C32H34N2O4/c1-3-6-19-11-21-13-23(19)27-25(21)29(35)33(31(27)37)15-17-8-5-9-18(10-17)16-34-30(36)26-22-12-20(7-4-2)24(14-22)28(26)32(34)38/h3,5,8-12,21-28H,1,4,6-7,13-16H2,2H3. The summed E-state index contributed by atoms with van der Waals surface area (Å²) in [6, 6.07) is 7.66. The molecule has 4 aliphatic carbocycles. The van der Waals surface area contributed by atoms with Crippen molar-refractivity contribution in [1.82, 2.24) is 9.80 Å². The number of amides is 4. The first-order chi connectivity index (χ1) is 18.4. The van der Waals surface area contributed by atoms with Crippen LogP contribution in [-0.2, 0) is 32.3 Å². The van der Waals surface area contributed by atoms with Gasteiger partial charge in [0.1, 0.15) is 0 Å². The van der Waals surface area contributed by atoms with Crippen molar-refractivity contribution in [1.29, 1.82) is 0 Å². The highest BCUT2D eigenvalue weighted by atomic mass is 16.2. The first-order valence-electron chi connectivity index (χ1n) is 14.2. The molecular formula is C32H34N2O4. The lowest BCUT2D eigenvalue weighted by Crippen LogP contribution is -2.33. The Balaban J connectivity index is 1.06. The Bertz CT molecular complexity index is 1340. The predicted molar refractivity (Wildman–Crippen MR) is 141 cm³/mol.